The normalized spacial score (nSPS) is 9.95. The molecular weight excluding hydrogens is 254 g/mol. The lowest BCUT2D eigenvalue weighted by Gasteiger charge is -2.06. The smallest absolute Gasteiger partial charge is 0.273 e. The van der Waals surface area contributed by atoms with Crippen LogP contribution >= 0.6 is 0 Å². The zero-order valence-electron chi connectivity index (χ0n) is 10.7. The monoisotopic (exact) mass is 267 g/mol. The molecule has 2 aromatic rings. The first-order valence-electron chi connectivity index (χ1n) is 6.13. The molecule has 0 unspecified atom stereocenters. The van der Waals surface area contributed by atoms with Gasteiger partial charge in [0.15, 0.2) is 0 Å². The number of para-hydroxylation sites is 1. The van der Waals surface area contributed by atoms with E-state index in [0.717, 1.165) is 5.56 Å². The second-order valence-corrected chi connectivity index (χ2v) is 4.30. The van der Waals surface area contributed by atoms with Gasteiger partial charge in [-0.1, -0.05) is 30.3 Å². The Labute approximate surface area is 116 Å². The maximum atomic E-state index is 10.9. The molecule has 0 fully saturated rings. The number of nitriles is 1. The Morgan fingerprint density at radius 1 is 1.10 bits per heavy atom. The SMILES string of the molecule is N#Cc1ccc(CNCc2ccccc2[N+](=O)[O-])cc1. The molecule has 0 atom stereocenters. The minimum Gasteiger partial charge on any atom is -0.308 e. The maximum Gasteiger partial charge on any atom is 0.273 e. The van der Waals surface area contributed by atoms with Crippen LogP contribution in [-0.2, 0) is 13.1 Å². The first-order chi connectivity index (χ1) is 9.70. The molecule has 0 aliphatic heterocycles. The summed E-state index contributed by atoms with van der Waals surface area (Å²) in [6, 6.07) is 16.0. The summed E-state index contributed by atoms with van der Waals surface area (Å²) in [5, 5.41) is 22.7. The Balaban J connectivity index is 1.96. The predicted octanol–water partition coefficient (Wildman–Crippen LogP) is 2.76. The lowest BCUT2D eigenvalue weighted by molar-refractivity contribution is -0.385. The van der Waals surface area contributed by atoms with Crippen molar-refractivity contribution in [2.75, 3.05) is 0 Å². The highest BCUT2D eigenvalue weighted by Gasteiger charge is 2.11. The van der Waals surface area contributed by atoms with Crippen molar-refractivity contribution in [1.29, 1.82) is 5.26 Å². The van der Waals surface area contributed by atoms with Gasteiger partial charge in [0.05, 0.1) is 16.6 Å². The van der Waals surface area contributed by atoms with Crippen LogP contribution in [0.15, 0.2) is 48.5 Å². The summed E-state index contributed by atoms with van der Waals surface area (Å²) in [6.07, 6.45) is 0. The lowest BCUT2D eigenvalue weighted by Crippen LogP contribution is -2.13. The second kappa shape index (κ2) is 6.45. The molecule has 5 nitrogen and oxygen atoms in total. The third-order valence-corrected chi connectivity index (χ3v) is 2.92. The summed E-state index contributed by atoms with van der Waals surface area (Å²) in [4.78, 5) is 10.5. The molecule has 1 N–H and O–H groups in total. The number of nitro benzene ring substituents is 1. The molecule has 0 aromatic heterocycles. The van der Waals surface area contributed by atoms with Gasteiger partial charge in [-0.15, -0.1) is 0 Å². The van der Waals surface area contributed by atoms with Crippen molar-refractivity contribution in [2.45, 2.75) is 13.1 Å². The molecule has 5 heteroatoms. The van der Waals surface area contributed by atoms with Gasteiger partial charge in [-0.2, -0.15) is 5.26 Å². The average Bonchev–Trinajstić information content (AvgIpc) is 2.48. The molecular formula is C15H13N3O2. The molecule has 0 bridgehead atoms. The van der Waals surface area contributed by atoms with E-state index in [9.17, 15) is 10.1 Å². The number of hydrogen-bond acceptors (Lipinski definition) is 4. The number of benzene rings is 2. The van der Waals surface area contributed by atoms with E-state index in [1.54, 1.807) is 30.3 Å². The molecule has 0 spiro atoms. The molecule has 0 heterocycles. The Morgan fingerprint density at radius 2 is 1.80 bits per heavy atom. The maximum absolute atomic E-state index is 10.9. The lowest BCUT2D eigenvalue weighted by atomic mass is 10.1. The van der Waals surface area contributed by atoms with Crippen molar-refractivity contribution in [3.8, 4) is 6.07 Å². The van der Waals surface area contributed by atoms with E-state index in [0.29, 0.717) is 24.2 Å². The molecule has 0 aliphatic rings. The zero-order valence-corrected chi connectivity index (χ0v) is 10.7. The number of nitrogens with one attached hydrogen (secondary N) is 1. The van der Waals surface area contributed by atoms with Crippen LogP contribution in [0.5, 0.6) is 0 Å². The topological polar surface area (TPSA) is 79.0 Å². The first-order valence-corrected chi connectivity index (χ1v) is 6.13. The van der Waals surface area contributed by atoms with Gasteiger partial charge in [-0.25, -0.2) is 0 Å². The number of hydrogen-bond donors (Lipinski definition) is 1. The van der Waals surface area contributed by atoms with Crippen molar-refractivity contribution in [3.05, 3.63) is 75.3 Å². The molecule has 0 radical (unpaired) electrons. The molecule has 100 valence electrons. The van der Waals surface area contributed by atoms with Gasteiger partial charge in [-0.05, 0) is 17.7 Å². The van der Waals surface area contributed by atoms with Crippen LogP contribution in [0.1, 0.15) is 16.7 Å². The summed E-state index contributed by atoms with van der Waals surface area (Å²) in [5.74, 6) is 0. The van der Waals surface area contributed by atoms with Crippen molar-refractivity contribution < 1.29 is 4.92 Å². The number of nitro groups is 1. The van der Waals surface area contributed by atoms with Crippen LogP contribution in [-0.4, -0.2) is 4.92 Å². The third-order valence-electron chi connectivity index (χ3n) is 2.92. The molecule has 0 saturated carbocycles. The highest BCUT2D eigenvalue weighted by atomic mass is 16.6. The van der Waals surface area contributed by atoms with E-state index in [1.165, 1.54) is 6.07 Å². The third kappa shape index (κ3) is 3.40. The summed E-state index contributed by atoms with van der Waals surface area (Å²) in [7, 11) is 0. The largest absolute Gasteiger partial charge is 0.308 e. The van der Waals surface area contributed by atoms with Crippen molar-refractivity contribution in [3.63, 3.8) is 0 Å². The standard InChI is InChI=1S/C15H13N3O2/c16-9-12-5-7-13(8-6-12)10-17-11-14-3-1-2-4-15(14)18(19)20/h1-8,17H,10-11H2. The van der Waals surface area contributed by atoms with Crippen LogP contribution < -0.4 is 5.32 Å². The quantitative estimate of drug-likeness (QED) is 0.667. The molecule has 2 aromatic carbocycles. The van der Waals surface area contributed by atoms with Crippen LogP contribution in [0.2, 0.25) is 0 Å². The van der Waals surface area contributed by atoms with E-state index in [1.807, 2.05) is 12.1 Å². The zero-order chi connectivity index (χ0) is 14.4. The molecule has 0 aliphatic carbocycles. The summed E-state index contributed by atoms with van der Waals surface area (Å²) < 4.78 is 0. The van der Waals surface area contributed by atoms with Crippen LogP contribution in [0, 0.1) is 21.4 Å². The van der Waals surface area contributed by atoms with Crippen LogP contribution in [0.25, 0.3) is 0 Å². The highest BCUT2D eigenvalue weighted by Crippen LogP contribution is 2.17. The van der Waals surface area contributed by atoms with Gasteiger partial charge in [0.25, 0.3) is 5.69 Å². The highest BCUT2D eigenvalue weighted by molar-refractivity contribution is 5.39. The Bertz CT molecular complexity index is 645. The predicted molar refractivity (Wildman–Crippen MR) is 74.8 cm³/mol. The average molecular weight is 267 g/mol. The van der Waals surface area contributed by atoms with Gasteiger partial charge >= 0.3 is 0 Å². The van der Waals surface area contributed by atoms with Gasteiger partial charge in [0.1, 0.15) is 0 Å². The van der Waals surface area contributed by atoms with Crippen molar-refractivity contribution in [1.82, 2.24) is 5.32 Å². The minimum atomic E-state index is -0.376. The summed E-state index contributed by atoms with van der Waals surface area (Å²) >= 11 is 0. The fraction of sp³-hybridized carbons (Fsp3) is 0.133. The molecule has 20 heavy (non-hydrogen) atoms. The van der Waals surface area contributed by atoms with Gasteiger partial charge in [0, 0.05) is 24.7 Å². The Kier molecular flexibility index (Phi) is 4.43. The fourth-order valence-electron chi connectivity index (χ4n) is 1.88. The van der Waals surface area contributed by atoms with E-state index in [4.69, 9.17) is 5.26 Å². The van der Waals surface area contributed by atoms with Crippen molar-refractivity contribution >= 4 is 5.69 Å². The first kappa shape index (κ1) is 13.7. The van der Waals surface area contributed by atoms with E-state index < -0.39 is 0 Å². The van der Waals surface area contributed by atoms with E-state index >= 15 is 0 Å². The van der Waals surface area contributed by atoms with Gasteiger partial charge in [0.2, 0.25) is 0 Å². The van der Waals surface area contributed by atoms with Gasteiger partial charge < -0.3 is 5.32 Å². The minimum absolute atomic E-state index is 0.125. The van der Waals surface area contributed by atoms with E-state index in [2.05, 4.69) is 11.4 Å². The molecule has 0 amide bonds. The second-order valence-electron chi connectivity index (χ2n) is 4.30. The van der Waals surface area contributed by atoms with Crippen molar-refractivity contribution in [2.24, 2.45) is 0 Å². The number of rotatable bonds is 5. The Morgan fingerprint density at radius 3 is 2.45 bits per heavy atom. The summed E-state index contributed by atoms with van der Waals surface area (Å²) in [5.41, 5.74) is 2.43. The Hall–Kier alpha value is -2.71. The molecule has 2 rings (SSSR count). The number of nitrogens with zero attached hydrogens (tertiary/aromatic N) is 2. The van der Waals surface area contributed by atoms with Crippen LogP contribution in [0.3, 0.4) is 0 Å². The fourth-order valence-corrected chi connectivity index (χ4v) is 1.88. The van der Waals surface area contributed by atoms with Gasteiger partial charge in [-0.3, -0.25) is 10.1 Å². The summed E-state index contributed by atoms with van der Waals surface area (Å²) in [6.45, 7) is 1.02. The van der Waals surface area contributed by atoms with E-state index in [-0.39, 0.29) is 10.6 Å². The molecule has 0 saturated heterocycles. The van der Waals surface area contributed by atoms with Crippen LogP contribution in [0.4, 0.5) is 5.69 Å².